The van der Waals surface area contributed by atoms with Gasteiger partial charge in [-0.3, -0.25) is 0 Å². The number of halogens is 1. The van der Waals surface area contributed by atoms with Crippen molar-refractivity contribution in [1.82, 2.24) is 4.98 Å². The normalized spacial score (nSPS) is 19.0. The lowest BCUT2D eigenvalue weighted by molar-refractivity contribution is 0.149. The van der Waals surface area contributed by atoms with Gasteiger partial charge in [-0.2, -0.15) is 10.2 Å². The Balaban J connectivity index is 1.73. The quantitative estimate of drug-likeness (QED) is 0.700. The molecule has 0 radical (unpaired) electrons. The summed E-state index contributed by atoms with van der Waals surface area (Å²) in [7, 11) is 0. The Morgan fingerprint density at radius 1 is 1.15 bits per heavy atom. The average molecular weight is 361 g/mol. The standard InChI is InChI=1S/C21H16FN3O2/c1-21(2)15(11-3-6-16-12(7-11)10-23-25-16)9-18(27-21)19-14-5-4-13(22)8-17(14)24-20(19)26/h3-10,24,26H,1-2H3. The summed E-state index contributed by atoms with van der Waals surface area (Å²) in [5, 5.41) is 21.0. The second kappa shape index (κ2) is 5.30. The molecule has 5 nitrogen and oxygen atoms in total. The third-order valence-electron chi connectivity index (χ3n) is 4.98. The predicted molar refractivity (Wildman–Crippen MR) is 101 cm³/mol. The number of rotatable bonds is 1. The van der Waals surface area contributed by atoms with Gasteiger partial charge < -0.3 is 14.8 Å². The topological polar surface area (TPSA) is 70.0 Å². The Kier molecular flexibility index (Phi) is 3.10. The van der Waals surface area contributed by atoms with E-state index in [-0.39, 0.29) is 11.7 Å². The van der Waals surface area contributed by atoms with Gasteiger partial charge in [0.25, 0.3) is 0 Å². The maximum Gasteiger partial charge on any atom is 0.200 e. The van der Waals surface area contributed by atoms with E-state index >= 15 is 0 Å². The molecule has 0 unspecified atom stereocenters. The van der Waals surface area contributed by atoms with E-state index in [0.717, 1.165) is 21.7 Å². The molecule has 2 N–H and O–H groups in total. The largest absolute Gasteiger partial charge is 0.494 e. The van der Waals surface area contributed by atoms with Crippen LogP contribution in [0.1, 0.15) is 25.0 Å². The van der Waals surface area contributed by atoms with Gasteiger partial charge in [0.15, 0.2) is 0 Å². The second-order valence-corrected chi connectivity index (χ2v) is 7.19. The van der Waals surface area contributed by atoms with Crippen molar-refractivity contribution < 1.29 is 14.2 Å². The molecule has 0 amide bonds. The van der Waals surface area contributed by atoms with E-state index in [0.29, 0.717) is 22.2 Å². The first-order valence-corrected chi connectivity index (χ1v) is 8.59. The van der Waals surface area contributed by atoms with Crippen LogP contribution >= 0.6 is 0 Å². The molecule has 0 aliphatic carbocycles. The zero-order valence-corrected chi connectivity index (χ0v) is 14.7. The maximum absolute atomic E-state index is 13.5. The lowest BCUT2D eigenvalue weighted by Gasteiger charge is -2.22. The van der Waals surface area contributed by atoms with Gasteiger partial charge in [0, 0.05) is 16.5 Å². The molecule has 0 saturated carbocycles. The summed E-state index contributed by atoms with van der Waals surface area (Å²) in [6.07, 6.45) is 3.66. The number of fused-ring (bicyclic) bond motifs is 2. The van der Waals surface area contributed by atoms with Crippen molar-refractivity contribution in [3.05, 3.63) is 70.0 Å². The predicted octanol–water partition coefficient (Wildman–Crippen LogP) is 2.98. The number of H-pyrrole nitrogens is 1. The Morgan fingerprint density at radius 3 is 2.85 bits per heavy atom. The molecule has 0 bridgehead atoms. The lowest BCUT2D eigenvalue weighted by Crippen LogP contribution is -2.26. The van der Waals surface area contributed by atoms with Gasteiger partial charge in [-0.1, -0.05) is 6.07 Å². The molecule has 0 saturated heterocycles. The maximum atomic E-state index is 13.5. The van der Waals surface area contributed by atoms with Gasteiger partial charge in [0.2, 0.25) is 5.88 Å². The van der Waals surface area contributed by atoms with Gasteiger partial charge >= 0.3 is 0 Å². The van der Waals surface area contributed by atoms with E-state index in [1.165, 1.54) is 12.1 Å². The Hall–Kier alpha value is -3.41. The van der Waals surface area contributed by atoms with Crippen LogP contribution in [0.15, 0.2) is 52.7 Å². The number of benzene rings is 2. The fourth-order valence-corrected chi connectivity index (χ4v) is 3.69. The molecule has 2 aliphatic rings. The molecule has 27 heavy (non-hydrogen) atoms. The van der Waals surface area contributed by atoms with Crippen LogP contribution in [0, 0.1) is 5.82 Å². The summed E-state index contributed by atoms with van der Waals surface area (Å²) < 4.78 is 19.7. The molecule has 1 aromatic heterocycles. The van der Waals surface area contributed by atoms with Crippen molar-refractivity contribution in [2.24, 2.45) is 10.2 Å². The van der Waals surface area contributed by atoms with Crippen molar-refractivity contribution >= 4 is 28.4 Å². The van der Waals surface area contributed by atoms with Crippen molar-refractivity contribution in [1.29, 1.82) is 0 Å². The highest BCUT2D eigenvalue weighted by molar-refractivity contribution is 5.97. The summed E-state index contributed by atoms with van der Waals surface area (Å²) >= 11 is 0. The number of nitrogens with one attached hydrogen (secondary N) is 1. The zero-order valence-electron chi connectivity index (χ0n) is 14.7. The summed E-state index contributed by atoms with van der Waals surface area (Å²) in [5.41, 5.74) is 2.41. The summed E-state index contributed by atoms with van der Waals surface area (Å²) in [6, 6.07) is 10.3. The van der Waals surface area contributed by atoms with Crippen LogP contribution in [0.5, 0.6) is 5.88 Å². The minimum absolute atomic E-state index is 0.0428. The van der Waals surface area contributed by atoms with E-state index in [2.05, 4.69) is 15.2 Å². The smallest absolute Gasteiger partial charge is 0.200 e. The SMILES string of the molecule is CC1(C)OC(c2c(O)[nH]c3cc(F)ccc23)=CC1=c1ccc2c(c1)C=NN=2. The number of nitrogens with zero attached hydrogens (tertiary/aromatic N) is 2. The van der Waals surface area contributed by atoms with Crippen LogP contribution in [-0.2, 0) is 4.74 Å². The van der Waals surface area contributed by atoms with Crippen LogP contribution < -0.4 is 10.6 Å². The average Bonchev–Trinajstić information content (AvgIpc) is 3.28. The summed E-state index contributed by atoms with van der Waals surface area (Å²) in [5.74, 6) is 0.136. The Morgan fingerprint density at radius 2 is 2.00 bits per heavy atom. The number of ether oxygens (including phenoxy) is 1. The third kappa shape index (κ3) is 2.37. The second-order valence-electron chi connectivity index (χ2n) is 7.19. The van der Waals surface area contributed by atoms with Gasteiger partial charge in [0.05, 0.1) is 22.7 Å². The molecular formula is C21H16FN3O2. The van der Waals surface area contributed by atoms with Crippen LogP contribution in [0.4, 0.5) is 4.39 Å². The van der Waals surface area contributed by atoms with Crippen molar-refractivity contribution in [2.75, 3.05) is 0 Å². The third-order valence-corrected chi connectivity index (χ3v) is 4.98. The fraction of sp³-hybridized carbons (Fsp3) is 0.143. The molecule has 0 spiro atoms. The molecule has 6 heteroatoms. The van der Waals surface area contributed by atoms with Crippen molar-refractivity contribution in [3.8, 4) is 5.88 Å². The van der Waals surface area contributed by atoms with Crippen molar-refractivity contribution in [2.45, 2.75) is 19.4 Å². The molecule has 3 heterocycles. The van der Waals surface area contributed by atoms with Crippen LogP contribution in [0.3, 0.4) is 0 Å². The monoisotopic (exact) mass is 361 g/mol. The van der Waals surface area contributed by atoms with Crippen molar-refractivity contribution in [3.63, 3.8) is 0 Å². The van der Waals surface area contributed by atoms with Gasteiger partial charge in [0.1, 0.15) is 17.2 Å². The summed E-state index contributed by atoms with van der Waals surface area (Å²) in [4.78, 5) is 2.82. The highest BCUT2D eigenvalue weighted by Crippen LogP contribution is 2.43. The van der Waals surface area contributed by atoms with Gasteiger partial charge in [-0.15, -0.1) is 0 Å². The first-order valence-electron chi connectivity index (χ1n) is 8.59. The molecule has 134 valence electrons. The van der Waals surface area contributed by atoms with Gasteiger partial charge in [-0.25, -0.2) is 4.39 Å². The first-order chi connectivity index (χ1) is 12.9. The van der Waals surface area contributed by atoms with E-state index in [4.69, 9.17) is 4.74 Å². The summed E-state index contributed by atoms with van der Waals surface area (Å²) in [6.45, 7) is 3.95. The zero-order chi connectivity index (χ0) is 18.8. The van der Waals surface area contributed by atoms with E-state index in [1.54, 1.807) is 12.3 Å². The highest BCUT2D eigenvalue weighted by Gasteiger charge is 2.34. The molecule has 3 aromatic rings. The first kappa shape index (κ1) is 15.8. The van der Waals surface area contributed by atoms with E-state index in [1.807, 2.05) is 38.1 Å². The highest BCUT2D eigenvalue weighted by atomic mass is 19.1. The molecule has 2 aromatic carbocycles. The molecule has 5 rings (SSSR count). The number of hydrogen-bond acceptors (Lipinski definition) is 4. The number of hydrogen-bond donors (Lipinski definition) is 2. The van der Waals surface area contributed by atoms with Crippen LogP contribution in [0.25, 0.3) is 22.2 Å². The Bertz CT molecular complexity index is 1300. The van der Waals surface area contributed by atoms with E-state index in [9.17, 15) is 9.50 Å². The lowest BCUT2D eigenvalue weighted by atomic mass is 9.96. The minimum Gasteiger partial charge on any atom is -0.494 e. The van der Waals surface area contributed by atoms with E-state index < -0.39 is 5.60 Å². The van der Waals surface area contributed by atoms with Gasteiger partial charge in [-0.05, 0) is 55.5 Å². The molecular weight excluding hydrogens is 345 g/mol. The number of aromatic hydroxyl groups is 1. The number of aromatic amines is 1. The minimum atomic E-state index is -0.591. The Labute approximate surface area is 153 Å². The molecule has 0 atom stereocenters. The molecule has 0 fully saturated rings. The number of aromatic nitrogens is 1. The van der Waals surface area contributed by atoms with Crippen LogP contribution in [0.2, 0.25) is 0 Å². The van der Waals surface area contributed by atoms with Crippen LogP contribution in [-0.4, -0.2) is 21.9 Å². The fourth-order valence-electron chi connectivity index (χ4n) is 3.69. The molecule has 2 aliphatic heterocycles.